The van der Waals surface area contributed by atoms with Gasteiger partial charge in [-0.3, -0.25) is 4.90 Å². The number of hydrogen-bond donors (Lipinski definition) is 1. The molecule has 27 heavy (non-hydrogen) atoms. The highest BCUT2D eigenvalue weighted by Gasteiger charge is 2.43. The van der Waals surface area contributed by atoms with Gasteiger partial charge < -0.3 is 9.53 Å². The van der Waals surface area contributed by atoms with Crippen LogP contribution in [0.5, 0.6) is 0 Å². The van der Waals surface area contributed by atoms with E-state index in [0.29, 0.717) is 6.42 Å². The van der Waals surface area contributed by atoms with Gasteiger partial charge in [0.15, 0.2) is 8.32 Å². The summed E-state index contributed by atoms with van der Waals surface area (Å²) < 4.78 is 6.63. The summed E-state index contributed by atoms with van der Waals surface area (Å²) in [5, 5.41) is 10.0. The van der Waals surface area contributed by atoms with Crippen LogP contribution in [-0.4, -0.2) is 42.1 Å². The van der Waals surface area contributed by atoms with Crippen LogP contribution in [0.25, 0.3) is 0 Å². The lowest BCUT2D eigenvalue weighted by Gasteiger charge is -2.46. The lowest BCUT2D eigenvalue weighted by atomic mass is 9.95. The average molecular weight is 392 g/mol. The zero-order valence-electron chi connectivity index (χ0n) is 18.2. The molecule has 0 aliphatic rings. The van der Waals surface area contributed by atoms with Crippen molar-refractivity contribution >= 4 is 14.4 Å². The van der Waals surface area contributed by atoms with Crippen LogP contribution in [-0.2, 0) is 10.8 Å². The van der Waals surface area contributed by atoms with Gasteiger partial charge in [-0.2, -0.15) is 0 Å². The lowest BCUT2D eigenvalue weighted by Crippen LogP contribution is -2.58. The van der Waals surface area contributed by atoms with Gasteiger partial charge in [-0.15, -0.1) is 6.58 Å². The number of hydrogen-bond acceptors (Lipinski definition) is 2. The summed E-state index contributed by atoms with van der Waals surface area (Å²) in [5.74, 6) is 0. The fourth-order valence-corrected chi connectivity index (χ4v) is 4.22. The summed E-state index contributed by atoms with van der Waals surface area (Å²) in [7, 11) is -2.10. The van der Waals surface area contributed by atoms with E-state index in [1.807, 2.05) is 51.1 Å². The summed E-state index contributed by atoms with van der Waals surface area (Å²) in [6.45, 7) is 20.7. The van der Waals surface area contributed by atoms with Gasteiger partial charge in [0.2, 0.25) is 0 Å². The topological polar surface area (TPSA) is 49.8 Å². The highest BCUT2D eigenvalue weighted by atomic mass is 28.4. The van der Waals surface area contributed by atoms with E-state index in [2.05, 4.69) is 40.4 Å². The smallest absolute Gasteiger partial charge is 0.408 e. The van der Waals surface area contributed by atoms with E-state index in [1.54, 1.807) is 6.08 Å². The Morgan fingerprint density at radius 3 is 2.07 bits per heavy atom. The molecule has 1 aromatic carbocycles. The van der Waals surface area contributed by atoms with Crippen LogP contribution in [0.15, 0.2) is 43.0 Å². The quantitative estimate of drug-likeness (QED) is 0.461. The van der Waals surface area contributed by atoms with Crippen LogP contribution in [0, 0.1) is 0 Å². The summed E-state index contributed by atoms with van der Waals surface area (Å²) in [5.41, 5.74) is 0.534. The average Bonchev–Trinajstić information content (AvgIpc) is 2.50. The van der Waals surface area contributed by atoms with Crippen LogP contribution in [0.2, 0.25) is 18.1 Å². The van der Waals surface area contributed by atoms with Crippen molar-refractivity contribution in [3.8, 4) is 0 Å². The van der Waals surface area contributed by atoms with Gasteiger partial charge in [-0.1, -0.05) is 57.2 Å². The van der Waals surface area contributed by atoms with Crippen molar-refractivity contribution in [2.24, 2.45) is 0 Å². The Balaban J connectivity index is 3.36. The van der Waals surface area contributed by atoms with Crippen LogP contribution in [0.3, 0.4) is 0 Å². The van der Waals surface area contributed by atoms with Crippen molar-refractivity contribution in [3.63, 3.8) is 0 Å². The molecule has 0 aliphatic heterocycles. The molecule has 5 heteroatoms. The van der Waals surface area contributed by atoms with Crippen molar-refractivity contribution < 1.29 is 14.3 Å². The van der Waals surface area contributed by atoms with Crippen LogP contribution >= 0.6 is 0 Å². The van der Waals surface area contributed by atoms with Gasteiger partial charge in [0, 0.05) is 5.54 Å². The molecule has 1 N–H and O–H groups in total. The van der Waals surface area contributed by atoms with E-state index < -0.39 is 19.9 Å². The number of amides is 1. The van der Waals surface area contributed by atoms with E-state index in [0.717, 1.165) is 5.56 Å². The second-order valence-corrected chi connectivity index (χ2v) is 14.4. The summed E-state index contributed by atoms with van der Waals surface area (Å²) in [4.78, 5) is 13.7. The SMILES string of the molecule is C=C[C@@H](O[Si](C)(C)C(C)(C)C)[C@H](Cc1ccccc1)N(C(=O)O)C(C)(C)C. The highest BCUT2D eigenvalue weighted by Crippen LogP contribution is 2.38. The largest absolute Gasteiger partial charge is 0.465 e. The Labute approximate surface area is 166 Å². The maximum absolute atomic E-state index is 12.2. The van der Waals surface area contributed by atoms with E-state index in [1.165, 1.54) is 4.90 Å². The minimum atomic E-state index is -2.10. The van der Waals surface area contributed by atoms with Crippen molar-refractivity contribution in [3.05, 3.63) is 48.6 Å². The van der Waals surface area contributed by atoms with Gasteiger partial charge in [0.05, 0.1) is 12.1 Å². The van der Waals surface area contributed by atoms with Gasteiger partial charge in [-0.05, 0) is 50.9 Å². The van der Waals surface area contributed by atoms with Crippen LogP contribution in [0.4, 0.5) is 4.79 Å². The first-order chi connectivity index (χ1) is 12.2. The first-order valence-corrected chi connectivity index (χ1v) is 12.5. The first kappa shape index (κ1) is 23.4. The Hall–Kier alpha value is -1.59. The normalized spacial score (nSPS) is 15.1. The minimum absolute atomic E-state index is 0.0291. The third-order valence-corrected chi connectivity index (χ3v) is 9.87. The molecule has 0 aromatic heterocycles. The van der Waals surface area contributed by atoms with Crippen molar-refractivity contribution in [1.29, 1.82) is 0 Å². The summed E-state index contributed by atoms with van der Waals surface area (Å²) in [6.07, 6.45) is 1.04. The van der Waals surface area contributed by atoms with E-state index >= 15 is 0 Å². The number of nitrogens with zero attached hydrogens (tertiary/aromatic N) is 1. The molecule has 0 fully saturated rings. The van der Waals surface area contributed by atoms with Crippen molar-refractivity contribution in [1.82, 2.24) is 4.90 Å². The molecule has 1 aromatic rings. The predicted molar refractivity (Wildman–Crippen MR) is 116 cm³/mol. The number of rotatable bonds is 7. The first-order valence-electron chi connectivity index (χ1n) is 9.57. The minimum Gasteiger partial charge on any atom is -0.465 e. The fourth-order valence-electron chi connectivity index (χ4n) is 2.94. The second-order valence-electron chi connectivity index (χ2n) is 9.66. The van der Waals surface area contributed by atoms with E-state index in [4.69, 9.17) is 4.43 Å². The molecule has 0 saturated heterocycles. The Morgan fingerprint density at radius 2 is 1.70 bits per heavy atom. The molecule has 1 amide bonds. The Kier molecular flexibility index (Phi) is 7.48. The molecule has 0 radical (unpaired) electrons. The third-order valence-electron chi connectivity index (χ3n) is 5.40. The molecule has 1 rings (SSSR count). The lowest BCUT2D eigenvalue weighted by molar-refractivity contribution is 0.0283. The van der Waals surface area contributed by atoms with Crippen LogP contribution in [0.1, 0.15) is 47.1 Å². The van der Waals surface area contributed by atoms with Gasteiger partial charge >= 0.3 is 6.09 Å². The van der Waals surface area contributed by atoms with Gasteiger partial charge in [-0.25, -0.2) is 4.79 Å². The highest BCUT2D eigenvalue weighted by molar-refractivity contribution is 6.74. The molecule has 0 unspecified atom stereocenters. The predicted octanol–water partition coefficient (Wildman–Crippen LogP) is 5.95. The maximum atomic E-state index is 12.2. The Bertz CT molecular complexity index is 629. The zero-order valence-corrected chi connectivity index (χ0v) is 19.2. The Morgan fingerprint density at radius 1 is 1.19 bits per heavy atom. The van der Waals surface area contributed by atoms with Crippen molar-refractivity contribution in [2.45, 2.75) is 83.8 Å². The number of carboxylic acid groups (broad SMARTS) is 1. The number of benzene rings is 1. The fraction of sp³-hybridized carbons (Fsp3) is 0.591. The summed E-state index contributed by atoms with van der Waals surface area (Å²) >= 11 is 0. The monoisotopic (exact) mass is 391 g/mol. The second kappa shape index (κ2) is 8.61. The molecule has 0 bridgehead atoms. The molecule has 2 atom stereocenters. The molecule has 152 valence electrons. The van der Waals surface area contributed by atoms with Crippen LogP contribution < -0.4 is 0 Å². The molecule has 0 spiro atoms. The van der Waals surface area contributed by atoms with Gasteiger partial charge in [0.1, 0.15) is 0 Å². The van der Waals surface area contributed by atoms with E-state index in [-0.39, 0.29) is 17.2 Å². The summed E-state index contributed by atoms with van der Waals surface area (Å²) in [6, 6.07) is 9.63. The maximum Gasteiger partial charge on any atom is 0.408 e. The standard InChI is InChI=1S/C22H37NO3Si/c1-10-19(26-27(8,9)22(5,6)7)18(16-17-14-12-11-13-15-17)23(20(24)25)21(2,3)4/h10-15,18-19H,1,16H2,2-9H3,(H,24,25)/t18-,19+/m0/s1. The van der Waals surface area contributed by atoms with Gasteiger partial charge in [0.25, 0.3) is 0 Å². The van der Waals surface area contributed by atoms with E-state index in [9.17, 15) is 9.90 Å². The van der Waals surface area contributed by atoms with Crippen molar-refractivity contribution in [2.75, 3.05) is 0 Å². The molecular weight excluding hydrogens is 354 g/mol. The third kappa shape index (κ3) is 6.21. The molecular formula is C22H37NO3Si. The molecule has 0 aliphatic carbocycles. The molecule has 4 nitrogen and oxygen atoms in total. The number of carbonyl (C=O) groups is 1. The molecule has 0 heterocycles. The molecule has 0 saturated carbocycles. The zero-order chi connectivity index (χ0) is 21.0.